The Kier molecular flexibility index (Phi) is 5.06. The van der Waals surface area contributed by atoms with Gasteiger partial charge in [0.05, 0.1) is 27.5 Å². The topological polar surface area (TPSA) is 67.2 Å². The van der Waals surface area contributed by atoms with Gasteiger partial charge in [-0.25, -0.2) is 0 Å². The smallest absolute Gasteiger partial charge is 0.275 e. The molecule has 2 amide bonds. The lowest BCUT2D eigenvalue weighted by Gasteiger charge is -2.33. The minimum atomic E-state index is -0.355. The van der Waals surface area contributed by atoms with Crippen molar-refractivity contribution in [3.8, 4) is 0 Å². The van der Waals surface area contributed by atoms with E-state index in [4.69, 9.17) is 23.2 Å². The molecule has 0 spiro atoms. The zero-order chi connectivity index (χ0) is 20.7. The van der Waals surface area contributed by atoms with Crippen molar-refractivity contribution >= 4 is 46.4 Å². The van der Waals surface area contributed by atoms with Gasteiger partial charge < -0.3 is 14.8 Å². The summed E-state index contributed by atoms with van der Waals surface area (Å²) in [7, 11) is 0. The van der Waals surface area contributed by atoms with Crippen LogP contribution < -0.4 is 10.2 Å². The Bertz CT molecular complexity index is 1130. The Labute approximate surface area is 178 Å². The first-order valence-electron chi connectivity index (χ1n) is 9.06. The Morgan fingerprint density at radius 1 is 1.21 bits per heavy atom. The predicted octanol–water partition coefficient (Wildman–Crippen LogP) is 4.97. The number of nitrogens with zero attached hydrogens (tertiary/aromatic N) is 3. The summed E-state index contributed by atoms with van der Waals surface area (Å²) in [4.78, 5) is 31.9. The number of fused-ring (bicyclic) bond motifs is 1. The first-order chi connectivity index (χ1) is 13.9. The van der Waals surface area contributed by atoms with Crippen LogP contribution in [0.4, 0.5) is 11.4 Å². The lowest BCUT2D eigenvalue weighted by molar-refractivity contribution is 0.0942. The van der Waals surface area contributed by atoms with Crippen LogP contribution in [-0.2, 0) is 0 Å². The van der Waals surface area contributed by atoms with Crippen LogP contribution in [0, 0.1) is 6.92 Å². The number of carbonyl (C=O) groups is 2. The Balaban J connectivity index is 1.70. The second kappa shape index (κ2) is 7.54. The number of anilines is 2. The zero-order valence-electron chi connectivity index (χ0n) is 15.8. The van der Waals surface area contributed by atoms with E-state index in [1.165, 1.54) is 0 Å². The summed E-state index contributed by atoms with van der Waals surface area (Å²) in [5.74, 6) is -0.620. The second-order valence-corrected chi connectivity index (χ2v) is 7.81. The zero-order valence-corrected chi connectivity index (χ0v) is 17.3. The van der Waals surface area contributed by atoms with Gasteiger partial charge in [-0.15, -0.1) is 0 Å². The van der Waals surface area contributed by atoms with E-state index in [1.807, 2.05) is 24.5 Å². The highest BCUT2D eigenvalue weighted by Crippen LogP contribution is 2.33. The van der Waals surface area contributed by atoms with Crippen LogP contribution in [-0.4, -0.2) is 27.9 Å². The second-order valence-electron chi connectivity index (χ2n) is 6.99. The normalized spacial score (nSPS) is 15.9. The van der Waals surface area contributed by atoms with E-state index in [0.29, 0.717) is 39.2 Å². The van der Waals surface area contributed by atoms with Crippen LogP contribution in [0.1, 0.15) is 39.4 Å². The van der Waals surface area contributed by atoms with E-state index >= 15 is 0 Å². The molecule has 1 N–H and O–H groups in total. The number of amides is 2. The Hall–Kier alpha value is -2.83. The van der Waals surface area contributed by atoms with Gasteiger partial charge in [0.25, 0.3) is 11.8 Å². The van der Waals surface area contributed by atoms with Crippen LogP contribution in [0.25, 0.3) is 0 Å². The molecule has 3 aromatic rings. The molecule has 1 aliphatic heterocycles. The van der Waals surface area contributed by atoms with Crippen molar-refractivity contribution in [2.45, 2.75) is 19.9 Å². The Morgan fingerprint density at radius 2 is 2.00 bits per heavy atom. The van der Waals surface area contributed by atoms with E-state index in [-0.39, 0.29) is 17.9 Å². The maximum atomic E-state index is 13.3. The number of halogens is 2. The molecule has 2 aromatic heterocycles. The van der Waals surface area contributed by atoms with Crippen molar-refractivity contribution in [3.05, 3.63) is 75.8 Å². The molecule has 1 aromatic carbocycles. The van der Waals surface area contributed by atoms with E-state index in [9.17, 15) is 9.59 Å². The third-order valence-corrected chi connectivity index (χ3v) is 5.77. The van der Waals surface area contributed by atoms with Crippen LogP contribution in [0.3, 0.4) is 0 Å². The van der Waals surface area contributed by atoms with Gasteiger partial charge in [0.15, 0.2) is 0 Å². The molecule has 4 rings (SSSR count). The third kappa shape index (κ3) is 3.50. The molecule has 0 fully saturated rings. The number of nitrogens with one attached hydrogen (secondary N) is 1. The van der Waals surface area contributed by atoms with E-state index in [1.54, 1.807) is 47.8 Å². The van der Waals surface area contributed by atoms with Gasteiger partial charge in [-0.2, -0.15) is 0 Å². The molecule has 0 bridgehead atoms. The van der Waals surface area contributed by atoms with Crippen molar-refractivity contribution in [1.82, 2.24) is 9.55 Å². The molecule has 3 heterocycles. The van der Waals surface area contributed by atoms with E-state index < -0.39 is 0 Å². The molecular weight excluding hydrogens is 411 g/mol. The summed E-state index contributed by atoms with van der Waals surface area (Å²) in [6.45, 7) is 4.33. The van der Waals surface area contributed by atoms with Gasteiger partial charge in [-0.05, 0) is 49.7 Å². The number of hydrogen-bond donors (Lipinski definition) is 1. The highest BCUT2D eigenvalue weighted by Gasteiger charge is 2.34. The van der Waals surface area contributed by atoms with Gasteiger partial charge >= 0.3 is 0 Å². The average molecular weight is 429 g/mol. The number of aromatic nitrogens is 2. The first-order valence-corrected chi connectivity index (χ1v) is 9.82. The molecule has 8 heteroatoms. The lowest BCUT2D eigenvalue weighted by Crippen LogP contribution is -2.43. The SMILES string of the molecule is Cc1ccncc1NC(=O)c1ccn2c1C(=O)N(c1ccc(Cl)c(Cl)c1)C[C@@H]2C. The monoisotopic (exact) mass is 428 g/mol. The molecular formula is C21H18Cl2N4O2. The lowest BCUT2D eigenvalue weighted by atomic mass is 10.1. The minimum absolute atomic E-state index is 0.0150. The highest BCUT2D eigenvalue weighted by molar-refractivity contribution is 6.42. The molecule has 29 heavy (non-hydrogen) atoms. The number of rotatable bonds is 3. The predicted molar refractivity (Wildman–Crippen MR) is 114 cm³/mol. The fourth-order valence-corrected chi connectivity index (χ4v) is 3.74. The number of hydrogen-bond acceptors (Lipinski definition) is 3. The maximum Gasteiger partial charge on any atom is 0.275 e. The summed E-state index contributed by atoms with van der Waals surface area (Å²) in [6.07, 6.45) is 5.02. The first kappa shape index (κ1) is 19.5. The molecule has 1 aliphatic rings. The van der Waals surface area contributed by atoms with Crippen molar-refractivity contribution in [3.63, 3.8) is 0 Å². The van der Waals surface area contributed by atoms with Crippen molar-refractivity contribution in [2.75, 3.05) is 16.8 Å². The molecule has 0 unspecified atom stereocenters. The number of aryl methyl sites for hydroxylation is 1. The fraction of sp³-hybridized carbons (Fsp3) is 0.190. The standard InChI is InChI=1S/C21H18Cl2N4O2/c1-12-5-7-24-10-18(12)25-20(28)15-6-8-26-13(2)11-27(21(29)19(15)26)14-3-4-16(22)17(23)9-14/h3-10,13H,11H2,1-2H3,(H,25,28)/t13-/m0/s1. The molecule has 1 atom stereocenters. The number of benzene rings is 1. The quantitative estimate of drug-likeness (QED) is 0.639. The van der Waals surface area contributed by atoms with E-state index in [2.05, 4.69) is 10.3 Å². The van der Waals surface area contributed by atoms with Gasteiger partial charge in [0.2, 0.25) is 0 Å². The maximum absolute atomic E-state index is 13.3. The van der Waals surface area contributed by atoms with Gasteiger partial charge in [-0.1, -0.05) is 23.2 Å². The van der Waals surface area contributed by atoms with E-state index in [0.717, 1.165) is 5.56 Å². The Morgan fingerprint density at radius 3 is 2.72 bits per heavy atom. The van der Waals surface area contributed by atoms with Crippen molar-refractivity contribution in [2.24, 2.45) is 0 Å². The van der Waals surface area contributed by atoms with Crippen LogP contribution >= 0.6 is 23.2 Å². The number of carbonyl (C=O) groups excluding carboxylic acids is 2. The largest absolute Gasteiger partial charge is 0.338 e. The summed E-state index contributed by atoms with van der Waals surface area (Å²) in [6, 6.07) is 8.53. The summed E-state index contributed by atoms with van der Waals surface area (Å²) < 4.78 is 1.83. The van der Waals surface area contributed by atoms with Gasteiger partial charge in [-0.3, -0.25) is 14.6 Å². The van der Waals surface area contributed by atoms with Gasteiger partial charge in [0, 0.05) is 30.7 Å². The molecule has 6 nitrogen and oxygen atoms in total. The van der Waals surface area contributed by atoms with Crippen LogP contribution in [0.2, 0.25) is 10.0 Å². The summed E-state index contributed by atoms with van der Waals surface area (Å²) >= 11 is 12.1. The molecule has 0 aliphatic carbocycles. The van der Waals surface area contributed by atoms with Gasteiger partial charge in [0.1, 0.15) is 5.69 Å². The van der Waals surface area contributed by atoms with Crippen LogP contribution in [0.15, 0.2) is 48.9 Å². The van der Waals surface area contributed by atoms with Crippen molar-refractivity contribution < 1.29 is 9.59 Å². The third-order valence-electron chi connectivity index (χ3n) is 5.03. The molecule has 0 saturated heterocycles. The minimum Gasteiger partial charge on any atom is -0.338 e. The summed E-state index contributed by atoms with van der Waals surface area (Å²) in [5, 5.41) is 3.64. The highest BCUT2D eigenvalue weighted by atomic mass is 35.5. The summed E-state index contributed by atoms with van der Waals surface area (Å²) in [5.41, 5.74) is 2.79. The molecule has 0 radical (unpaired) electrons. The van der Waals surface area contributed by atoms with Crippen molar-refractivity contribution in [1.29, 1.82) is 0 Å². The van der Waals surface area contributed by atoms with Crippen LogP contribution in [0.5, 0.6) is 0 Å². The number of pyridine rings is 1. The average Bonchev–Trinajstić information content (AvgIpc) is 3.15. The fourth-order valence-electron chi connectivity index (χ4n) is 3.45. The molecule has 0 saturated carbocycles. The molecule has 148 valence electrons.